The zero-order chi connectivity index (χ0) is 19.1. The van der Waals surface area contributed by atoms with Crippen molar-refractivity contribution in [3.63, 3.8) is 0 Å². The molecular formula is C20H17N5O2. The Balaban J connectivity index is 1.96. The molecule has 1 aromatic heterocycles. The maximum absolute atomic E-state index is 11.4. The summed E-state index contributed by atoms with van der Waals surface area (Å²) in [6.45, 7) is 0. The lowest BCUT2D eigenvalue weighted by Gasteiger charge is -2.02. The van der Waals surface area contributed by atoms with Crippen LogP contribution in [-0.4, -0.2) is 29.0 Å². The number of hydrazone groups is 1. The van der Waals surface area contributed by atoms with E-state index in [0.717, 1.165) is 22.6 Å². The van der Waals surface area contributed by atoms with Crippen LogP contribution in [0.15, 0.2) is 65.9 Å². The molecule has 3 aromatic rings. The number of carbonyl (C=O) groups excluding carboxylic acids is 1. The zero-order valence-electron chi connectivity index (χ0n) is 14.7. The van der Waals surface area contributed by atoms with Crippen LogP contribution in [0.1, 0.15) is 12.0 Å². The van der Waals surface area contributed by atoms with Crippen LogP contribution in [-0.2, 0) is 4.79 Å². The first-order chi connectivity index (χ1) is 13.2. The van der Waals surface area contributed by atoms with E-state index in [1.165, 1.54) is 6.21 Å². The Hall–Kier alpha value is -3.92. The predicted octanol–water partition coefficient (Wildman–Crippen LogP) is 2.91. The quantitative estimate of drug-likeness (QED) is 0.541. The van der Waals surface area contributed by atoms with E-state index < -0.39 is 5.91 Å². The van der Waals surface area contributed by atoms with Crippen LogP contribution < -0.4 is 10.2 Å². The second kappa shape index (κ2) is 8.45. The van der Waals surface area contributed by atoms with Crippen molar-refractivity contribution in [2.45, 2.75) is 6.42 Å². The zero-order valence-corrected chi connectivity index (χ0v) is 14.7. The highest BCUT2D eigenvalue weighted by molar-refractivity contribution is 5.89. The second-order valence-corrected chi connectivity index (χ2v) is 5.57. The van der Waals surface area contributed by atoms with Crippen LogP contribution in [0.3, 0.4) is 0 Å². The fourth-order valence-corrected chi connectivity index (χ4v) is 2.45. The van der Waals surface area contributed by atoms with Gasteiger partial charge in [0.25, 0.3) is 5.91 Å². The third kappa shape index (κ3) is 4.38. The van der Waals surface area contributed by atoms with Gasteiger partial charge in [0.05, 0.1) is 25.1 Å². The molecule has 0 unspecified atom stereocenters. The molecule has 134 valence electrons. The van der Waals surface area contributed by atoms with Gasteiger partial charge in [-0.1, -0.05) is 18.2 Å². The van der Waals surface area contributed by atoms with Gasteiger partial charge in [-0.05, 0) is 36.4 Å². The van der Waals surface area contributed by atoms with Crippen LogP contribution in [0.2, 0.25) is 0 Å². The first-order valence-electron chi connectivity index (χ1n) is 8.19. The van der Waals surface area contributed by atoms with Gasteiger partial charge in [-0.15, -0.1) is 0 Å². The number of nitrogens with one attached hydrogen (secondary N) is 1. The molecule has 7 heteroatoms. The highest BCUT2D eigenvalue weighted by atomic mass is 16.5. The van der Waals surface area contributed by atoms with Gasteiger partial charge >= 0.3 is 0 Å². The lowest BCUT2D eigenvalue weighted by molar-refractivity contribution is -0.120. The third-order valence-corrected chi connectivity index (χ3v) is 3.76. The molecule has 1 heterocycles. The predicted molar refractivity (Wildman–Crippen MR) is 102 cm³/mol. The maximum atomic E-state index is 11.4. The van der Waals surface area contributed by atoms with Gasteiger partial charge in [0, 0.05) is 17.3 Å². The normalized spacial score (nSPS) is 10.5. The number of para-hydroxylation sites is 1. The summed E-state index contributed by atoms with van der Waals surface area (Å²) in [5, 5.41) is 17.1. The second-order valence-electron chi connectivity index (χ2n) is 5.57. The highest BCUT2D eigenvalue weighted by Gasteiger charge is 2.11. The standard InChI is InChI=1S/C20H17N5O2/c1-27-18-9-7-15(8-10-18)20-16(13-22-23-19(26)11-12-21)14-25(24-20)17-5-3-2-4-6-17/h2-10,13-14H,11H2,1H3,(H,23,26)/b22-13+. The van der Waals surface area contributed by atoms with Crippen molar-refractivity contribution in [1.82, 2.24) is 15.2 Å². The van der Waals surface area contributed by atoms with Crippen LogP contribution in [0.25, 0.3) is 16.9 Å². The van der Waals surface area contributed by atoms with Crippen molar-refractivity contribution in [3.05, 3.63) is 66.4 Å². The summed E-state index contributed by atoms with van der Waals surface area (Å²) in [5.41, 5.74) is 5.55. The van der Waals surface area contributed by atoms with Crippen LogP contribution >= 0.6 is 0 Å². The minimum absolute atomic E-state index is 0.244. The third-order valence-electron chi connectivity index (χ3n) is 3.76. The number of hydrogen-bond donors (Lipinski definition) is 1. The summed E-state index contributed by atoms with van der Waals surface area (Å²) < 4.78 is 6.95. The van der Waals surface area contributed by atoms with E-state index in [-0.39, 0.29) is 6.42 Å². The molecule has 0 aliphatic carbocycles. The van der Waals surface area contributed by atoms with Gasteiger partial charge in [0.15, 0.2) is 0 Å². The number of benzene rings is 2. The van der Waals surface area contributed by atoms with Crippen LogP contribution in [0, 0.1) is 11.3 Å². The molecule has 2 aromatic carbocycles. The Kier molecular flexibility index (Phi) is 5.60. The Morgan fingerprint density at radius 1 is 1.26 bits per heavy atom. The van der Waals surface area contributed by atoms with Crippen LogP contribution in [0.5, 0.6) is 5.75 Å². The summed E-state index contributed by atoms with van der Waals surface area (Å²) >= 11 is 0. The number of carbonyl (C=O) groups is 1. The molecule has 0 radical (unpaired) electrons. The molecular weight excluding hydrogens is 342 g/mol. The van der Waals surface area contributed by atoms with Crippen LogP contribution in [0.4, 0.5) is 0 Å². The number of amides is 1. The lowest BCUT2D eigenvalue weighted by atomic mass is 10.1. The largest absolute Gasteiger partial charge is 0.497 e. The molecule has 1 N–H and O–H groups in total. The summed E-state index contributed by atoms with van der Waals surface area (Å²) in [6, 6.07) is 19.0. The fraction of sp³-hybridized carbons (Fsp3) is 0.100. The van der Waals surface area contributed by atoms with Gasteiger partial charge in [-0.2, -0.15) is 15.5 Å². The summed E-state index contributed by atoms with van der Waals surface area (Å²) in [4.78, 5) is 11.4. The molecule has 1 amide bonds. The summed E-state index contributed by atoms with van der Waals surface area (Å²) in [7, 11) is 1.61. The van der Waals surface area contributed by atoms with Crippen molar-refractivity contribution < 1.29 is 9.53 Å². The molecule has 0 fully saturated rings. The number of nitriles is 1. The van der Waals surface area contributed by atoms with Gasteiger partial charge in [0.1, 0.15) is 17.9 Å². The smallest absolute Gasteiger partial charge is 0.254 e. The minimum atomic E-state index is -0.463. The van der Waals surface area contributed by atoms with E-state index in [9.17, 15) is 4.79 Å². The Morgan fingerprint density at radius 3 is 2.67 bits per heavy atom. The molecule has 27 heavy (non-hydrogen) atoms. The average molecular weight is 359 g/mol. The number of methoxy groups -OCH3 is 1. The van der Waals surface area contributed by atoms with Gasteiger partial charge in [0.2, 0.25) is 0 Å². The van der Waals surface area contributed by atoms with E-state index in [2.05, 4.69) is 15.6 Å². The summed E-state index contributed by atoms with van der Waals surface area (Å²) in [5.74, 6) is 0.287. The SMILES string of the molecule is COc1ccc(-c2nn(-c3ccccc3)cc2/C=N/NC(=O)CC#N)cc1. The fourth-order valence-electron chi connectivity index (χ4n) is 2.45. The topological polar surface area (TPSA) is 92.3 Å². The number of rotatable bonds is 6. The minimum Gasteiger partial charge on any atom is -0.497 e. The van der Waals surface area contributed by atoms with Gasteiger partial charge in [-0.3, -0.25) is 4.79 Å². The Morgan fingerprint density at radius 2 is 2.00 bits per heavy atom. The first kappa shape index (κ1) is 17.9. The molecule has 0 saturated heterocycles. The molecule has 3 rings (SSSR count). The highest BCUT2D eigenvalue weighted by Crippen LogP contribution is 2.24. The van der Waals surface area contributed by atoms with Crippen molar-refractivity contribution in [2.24, 2.45) is 5.10 Å². The number of aromatic nitrogens is 2. The van der Waals surface area contributed by atoms with E-state index >= 15 is 0 Å². The van der Waals surface area contributed by atoms with Crippen molar-refractivity contribution in [3.8, 4) is 28.8 Å². The van der Waals surface area contributed by atoms with Crippen molar-refractivity contribution in [1.29, 1.82) is 5.26 Å². The number of nitrogens with zero attached hydrogens (tertiary/aromatic N) is 4. The molecule has 0 spiro atoms. The first-order valence-corrected chi connectivity index (χ1v) is 8.19. The molecule has 0 aliphatic heterocycles. The molecule has 0 aliphatic rings. The number of hydrogen-bond acceptors (Lipinski definition) is 5. The molecule has 0 atom stereocenters. The molecule has 0 bridgehead atoms. The van der Waals surface area contributed by atoms with E-state index in [1.54, 1.807) is 17.9 Å². The Labute approximate surface area is 156 Å². The monoisotopic (exact) mass is 359 g/mol. The average Bonchev–Trinajstić information content (AvgIpc) is 3.13. The maximum Gasteiger partial charge on any atom is 0.254 e. The van der Waals surface area contributed by atoms with Crippen molar-refractivity contribution in [2.75, 3.05) is 7.11 Å². The van der Waals surface area contributed by atoms with E-state index in [1.807, 2.05) is 60.8 Å². The molecule has 0 saturated carbocycles. The van der Waals surface area contributed by atoms with E-state index in [0.29, 0.717) is 5.69 Å². The van der Waals surface area contributed by atoms with E-state index in [4.69, 9.17) is 10.00 Å². The van der Waals surface area contributed by atoms with Gasteiger partial charge < -0.3 is 4.74 Å². The Bertz CT molecular complexity index is 985. The number of ether oxygens (including phenoxy) is 1. The van der Waals surface area contributed by atoms with Crippen molar-refractivity contribution >= 4 is 12.1 Å². The molecule has 7 nitrogen and oxygen atoms in total. The summed E-state index contributed by atoms with van der Waals surface area (Å²) in [6.07, 6.45) is 3.10. The van der Waals surface area contributed by atoms with Gasteiger partial charge in [-0.25, -0.2) is 10.1 Å². The lowest BCUT2D eigenvalue weighted by Crippen LogP contribution is -2.16.